The van der Waals surface area contributed by atoms with Gasteiger partial charge in [-0.15, -0.1) is 0 Å². The van der Waals surface area contributed by atoms with Crippen molar-refractivity contribution in [3.63, 3.8) is 0 Å². The topological polar surface area (TPSA) is 87.5 Å². The quantitative estimate of drug-likeness (QED) is 0.780. The molecule has 144 valence electrons. The van der Waals surface area contributed by atoms with E-state index in [1.165, 1.54) is 0 Å². The maximum Gasteiger partial charge on any atom is 0.225 e. The Hall–Kier alpha value is -2.67. The number of rotatable bonds is 7. The van der Waals surface area contributed by atoms with E-state index >= 15 is 0 Å². The minimum Gasteiger partial charge on any atom is -0.396 e. The zero-order valence-corrected chi connectivity index (χ0v) is 15.4. The number of hydrogen-bond donors (Lipinski definition) is 2. The van der Waals surface area contributed by atoms with Crippen molar-refractivity contribution in [2.24, 2.45) is 0 Å². The Balaban J connectivity index is 1.52. The number of piperidine rings is 1. The predicted octanol–water partition coefficient (Wildman–Crippen LogP) is 2.00. The Morgan fingerprint density at radius 1 is 1.11 bits per heavy atom. The van der Waals surface area contributed by atoms with Crippen molar-refractivity contribution in [3.8, 4) is 0 Å². The number of anilines is 1. The standard InChI is InChI=1S/C20H26N4O3/c25-15-11-20(27)23-13-9-17(10-14-23)24-18(8-12-21-24)22-19(26)7-6-16-4-2-1-3-5-16/h1-5,8,12,17,25H,6-7,9-11,13-15H2,(H,22,26). The van der Waals surface area contributed by atoms with E-state index in [4.69, 9.17) is 5.11 Å². The lowest BCUT2D eigenvalue weighted by atomic mass is 10.0. The first kappa shape index (κ1) is 19.1. The molecule has 0 aliphatic carbocycles. The number of nitrogens with one attached hydrogen (secondary N) is 1. The first-order valence-electron chi connectivity index (χ1n) is 9.43. The molecule has 2 heterocycles. The molecule has 2 aromatic rings. The minimum absolute atomic E-state index is 0.00847. The second kappa shape index (κ2) is 9.32. The zero-order valence-electron chi connectivity index (χ0n) is 15.4. The summed E-state index contributed by atoms with van der Waals surface area (Å²) in [5.41, 5.74) is 1.14. The van der Waals surface area contributed by atoms with Gasteiger partial charge in [-0.1, -0.05) is 30.3 Å². The molecule has 3 rings (SSSR count). The van der Waals surface area contributed by atoms with Gasteiger partial charge in [-0.3, -0.25) is 9.59 Å². The van der Waals surface area contributed by atoms with Gasteiger partial charge in [0.15, 0.2) is 0 Å². The molecule has 1 aromatic carbocycles. The highest BCUT2D eigenvalue weighted by molar-refractivity contribution is 5.90. The molecule has 0 bridgehead atoms. The maximum absolute atomic E-state index is 12.3. The van der Waals surface area contributed by atoms with Gasteiger partial charge in [0.2, 0.25) is 11.8 Å². The van der Waals surface area contributed by atoms with Crippen LogP contribution in [0.15, 0.2) is 42.6 Å². The van der Waals surface area contributed by atoms with E-state index in [-0.39, 0.29) is 30.9 Å². The van der Waals surface area contributed by atoms with Crippen LogP contribution in [0.1, 0.15) is 37.3 Å². The van der Waals surface area contributed by atoms with Gasteiger partial charge in [0.1, 0.15) is 5.82 Å². The van der Waals surface area contributed by atoms with Crippen molar-refractivity contribution in [2.75, 3.05) is 25.0 Å². The summed E-state index contributed by atoms with van der Waals surface area (Å²) in [4.78, 5) is 26.0. The number of amides is 2. The lowest BCUT2D eigenvalue weighted by Gasteiger charge is -2.32. The van der Waals surface area contributed by atoms with Gasteiger partial charge in [0.05, 0.1) is 18.8 Å². The molecule has 0 radical (unpaired) electrons. The number of benzene rings is 1. The fourth-order valence-corrected chi connectivity index (χ4v) is 3.43. The van der Waals surface area contributed by atoms with Gasteiger partial charge < -0.3 is 15.3 Å². The third-order valence-corrected chi connectivity index (χ3v) is 4.91. The third-order valence-electron chi connectivity index (χ3n) is 4.91. The van der Waals surface area contributed by atoms with Crippen molar-refractivity contribution < 1.29 is 14.7 Å². The molecule has 7 heteroatoms. The van der Waals surface area contributed by atoms with Crippen LogP contribution in [-0.4, -0.2) is 51.3 Å². The molecule has 2 amide bonds. The summed E-state index contributed by atoms with van der Waals surface area (Å²) in [5, 5.41) is 16.2. The fourth-order valence-electron chi connectivity index (χ4n) is 3.43. The second-order valence-corrected chi connectivity index (χ2v) is 6.78. The van der Waals surface area contributed by atoms with E-state index in [9.17, 15) is 9.59 Å². The molecule has 0 spiro atoms. The van der Waals surface area contributed by atoms with Gasteiger partial charge in [0.25, 0.3) is 0 Å². The fraction of sp³-hybridized carbons (Fsp3) is 0.450. The number of aromatic nitrogens is 2. The molecule has 1 aromatic heterocycles. The summed E-state index contributed by atoms with van der Waals surface area (Å²) in [5.74, 6) is 0.662. The first-order valence-corrected chi connectivity index (χ1v) is 9.43. The summed E-state index contributed by atoms with van der Waals surface area (Å²) >= 11 is 0. The van der Waals surface area contributed by atoms with Crippen LogP contribution < -0.4 is 5.32 Å². The molecule has 1 aliphatic heterocycles. The molecular weight excluding hydrogens is 344 g/mol. The van der Waals surface area contributed by atoms with Crippen LogP contribution in [0.2, 0.25) is 0 Å². The highest BCUT2D eigenvalue weighted by atomic mass is 16.3. The molecule has 1 aliphatic rings. The number of aliphatic hydroxyl groups is 1. The number of aliphatic hydroxyl groups excluding tert-OH is 1. The predicted molar refractivity (Wildman–Crippen MR) is 102 cm³/mol. The molecule has 0 saturated carbocycles. The van der Waals surface area contributed by atoms with Crippen molar-refractivity contribution in [2.45, 2.75) is 38.1 Å². The average Bonchev–Trinajstić information content (AvgIpc) is 3.15. The van der Waals surface area contributed by atoms with E-state index in [1.807, 2.05) is 41.1 Å². The summed E-state index contributed by atoms with van der Waals surface area (Å²) < 4.78 is 1.86. The van der Waals surface area contributed by atoms with Crippen LogP contribution in [0.25, 0.3) is 0 Å². The highest BCUT2D eigenvalue weighted by Gasteiger charge is 2.25. The van der Waals surface area contributed by atoms with Gasteiger partial charge in [0, 0.05) is 32.0 Å². The Morgan fingerprint density at radius 2 is 1.85 bits per heavy atom. The van der Waals surface area contributed by atoms with E-state index < -0.39 is 0 Å². The van der Waals surface area contributed by atoms with Crippen molar-refractivity contribution >= 4 is 17.6 Å². The van der Waals surface area contributed by atoms with E-state index in [0.717, 1.165) is 18.4 Å². The van der Waals surface area contributed by atoms with Crippen LogP contribution in [0.5, 0.6) is 0 Å². The number of likely N-dealkylation sites (tertiary alicyclic amines) is 1. The van der Waals surface area contributed by atoms with Gasteiger partial charge >= 0.3 is 0 Å². The highest BCUT2D eigenvalue weighted by Crippen LogP contribution is 2.25. The van der Waals surface area contributed by atoms with E-state index in [0.29, 0.717) is 31.7 Å². The Kier molecular flexibility index (Phi) is 6.59. The second-order valence-electron chi connectivity index (χ2n) is 6.78. The number of carbonyl (C=O) groups is 2. The summed E-state index contributed by atoms with van der Waals surface area (Å²) in [6.07, 6.45) is 4.55. The van der Waals surface area contributed by atoms with Crippen LogP contribution in [0.3, 0.4) is 0 Å². The molecule has 1 saturated heterocycles. The Morgan fingerprint density at radius 3 is 2.56 bits per heavy atom. The molecule has 27 heavy (non-hydrogen) atoms. The Labute approximate surface area is 159 Å². The summed E-state index contributed by atoms with van der Waals surface area (Å²) in [6, 6.07) is 11.9. The van der Waals surface area contributed by atoms with Crippen molar-refractivity contribution in [3.05, 3.63) is 48.2 Å². The molecule has 7 nitrogen and oxygen atoms in total. The van der Waals surface area contributed by atoms with E-state index in [1.54, 1.807) is 11.1 Å². The molecule has 0 unspecified atom stereocenters. The smallest absolute Gasteiger partial charge is 0.225 e. The van der Waals surface area contributed by atoms with Gasteiger partial charge in [-0.2, -0.15) is 5.10 Å². The SMILES string of the molecule is O=C(CCc1ccccc1)Nc1ccnn1C1CCN(C(=O)CCO)CC1. The molecule has 0 atom stereocenters. The molecular formula is C20H26N4O3. The molecule has 2 N–H and O–H groups in total. The van der Waals surface area contributed by atoms with Crippen molar-refractivity contribution in [1.29, 1.82) is 0 Å². The number of aryl methyl sites for hydroxylation is 1. The van der Waals surface area contributed by atoms with Crippen LogP contribution >= 0.6 is 0 Å². The Bertz CT molecular complexity index is 752. The third kappa shape index (κ3) is 5.17. The average molecular weight is 370 g/mol. The van der Waals surface area contributed by atoms with E-state index in [2.05, 4.69) is 10.4 Å². The largest absolute Gasteiger partial charge is 0.396 e. The summed E-state index contributed by atoms with van der Waals surface area (Å²) in [7, 11) is 0. The maximum atomic E-state index is 12.3. The first-order chi connectivity index (χ1) is 13.2. The number of carbonyl (C=O) groups excluding carboxylic acids is 2. The number of nitrogens with zero attached hydrogens (tertiary/aromatic N) is 3. The monoisotopic (exact) mass is 370 g/mol. The van der Waals surface area contributed by atoms with Crippen molar-refractivity contribution in [1.82, 2.24) is 14.7 Å². The van der Waals surface area contributed by atoms with Gasteiger partial charge in [-0.05, 0) is 24.8 Å². The lowest BCUT2D eigenvalue weighted by Crippen LogP contribution is -2.39. The van der Waals surface area contributed by atoms with Crippen LogP contribution in [0, 0.1) is 0 Å². The zero-order chi connectivity index (χ0) is 19.1. The van der Waals surface area contributed by atoms with Crippen LogP contribution in [-0.2, 0) is 16.0 Å². The number of hydrogen-bond acceptors (Lipinski definition) is 4. The normalized spacial score (nSPS) is 14.9. The molecule has 1 fully saturated rings. The summed E-state index contributed by atoms with van der Waals surface area (Å²) in [6.45, 7) is 1.17. The van der Waals surface area contributed by atoms with Crippen LogP contribution in [0.4, 0.5) is 5.82 Å². The van der Waals surface area contributed by atoms with Gasteiger partial charge in [-0.25, -0.2) is 4.68 Å². The minimum atomic E-state index is -0.114. The lowest BCUT2D eigenvalue weighted by molar-refractivity contribution is -0.133.